The van der Waals surface area contributed by atoms with E-state index in [4.69, 9.17) is 16.1 Å². The molecular weight excluding hydrogens is 458 g/mol. The summed E-state index contributed by atoms with van der Waals surface area (Å²) in [6, 6.07) is 9.91. The van der Waals surface area contributed by atoms with Gasteiger partial charge in [0.15, 0.2) is 0 Å². The highest BCUT2D eigenvalue weighted by Crippen LogP contribution is 2.34. The van der Waals surface area contributed by atoms with Gasteiger partial charge >= 0.3 is 0 Å². The Bertz CT molecular complexity index is 1380. The van der Waals surface area contributed by atoms with E-state index in [1.807, 2.05) is 0 Å². The van der Waals surface area contributed by atoms with Crippen LogP contribution in [0.2, 0.25) is 5.02 Å². The lowest BCUT2D eigenvalue weighted by molar-refractivity contribution is 0.0931. The van der Waals surface area contributed by atoms with E-state index in [-0.39, 0.29) is 17.9 Å². The van der Waals surface area contributed by atoms with Crippen LogP contribution in [0.1, 0.15) is 44.8 Å². The minimum atomic E-state index is -0.322. The number of rotatable bonds is 4. The average molecular weight is 478 g/mol. The summed E-state index contributed by atoms with van der Waals surface area (Å²) in [5.41, 5.74) is 2.70. The van der Waals surface area contributed by atoms with Gasteiger partial charge in [-0.25, -0.2) is 0 Å². The van der Waals surface area contributed by atoms with E-state index in [0.29, 0.717) is 52.2 Å². The topological polar surface area (TPSA) is 119 Å². The quantitative estimate of drug-likeness (QED) is 0.478. The van der Waals surface area contributed by atoms with E-state index in [0.717, 1.165) is 5.69 Å². The number of hydrogen-bond donors (Lipinski definition) is 1. The molecule has 1 unspecified atom stereocenters. The van der Waals surface area contributed by atoms with Crippen LogP contribution < -0.4 is 10.2 Å². The molecule has 3 aromatic heterocycles. The molecule has 2 amide bonds. The predicted molar refractivity (Wildman–Crippen MR) is 123 cm³/mol. The minimum absolute atomic E-state index is 0.214. The molecule has 5 rings (SSSR count). The Hall–Kier alpha value is -4.05. The lowest BCUT2D eigenvalue weighted by Gasteiger charge is -2.32. The van der Waals surface area contributed by atoms with Gasteiger partial charge in [-0.15, -0.1) is 0 Å². The minimum Gasteiger partial charge on any atom is -0.343 e. The molecule has 0 saturated heterocycles. The summed E-state index contributed by atoms with van der Waals surface area (Å²) in [4.78, 5) is 36.3. The van der Waals surface area contributed by atoms with Crippen LogP contribution >= 0.6 is 11.6 Å². The van der Waals surface area contributed by atoms with E-state index in [2.05, 4.69) is 25.5 Å². The van der Waals surface area contributed by atoms with Gasteiger partial charge in [-0.2, -0.15) is 10.1 Å². The Morgan fingerprint density at radius 3 is 2.71 bits per heavy atom. The Morgan fingerprint density at radius 1 is 1.18 bits per heavy atom. The maximum absolute atomic E-state index is 13.3. The van der Waals surface area contributed by atoms with Crippen molar-refractivity contribution in [2.75, 3.05) is 11.4 Å². The molecule has 0 fully saturated rings. The van der Waals surface area contributed by atoms with Crippen molar-refractivity contribution in [3.05, 3.63) is 76.5 Å². The lowest BCUT2D eigenvalue weighted by Crippen LogP contribution is -2.41. The van der Waals surface area contributed by atoms with Crippen molar-refractivity contribution >= 4 is 29.1 Å². The molecule has 4 heterocycles. The van der Waals surface area contributed by atoms with Crippen LogP contribution in [0, 0.1) is 6.92 Å². The SMILES string of the molecule is Cc1nc(-c2ccc(C(=O)N3CCC(NC(=O)c4ccccc4Cl)c4c3cnn4C)cn2)no1. The van der Waals surface area contributed by atoms with Gasteiger partial charge in [0.05, 0.1) is 39.8 Å². The molecule has 1 aliphatic heterocycles. The third-order valence-corrected chi connectivity index (χ3v) is 5.99. The molecule has 0 spiro atoms. The monoisotopic (exact) mass is 477 g/mol. The van der Waals surface area contributed by atoms with Gasteiger partial charge in [0.25, 0.3) is 11.8 Å². The third kappa shape index (κ3) is 3.92. The second kappa shape index (κ2) is 8.71. The number of carbonyl (C=O) groups excluding carboxylic acids is 2. The van der Waals surface area contributed by atoms with Crippen molar-refractivity contribution in [3.8, 4) is 11.5 Å². The molecule has 11 heteroatoms. The number of anilines is 1. The van der Waals surface area contributed by atoms with Crippen LogP contribution in [0.5, 0.6) is 0 Å². The zero-order valence-electron chi connectivity index (χ0n) is 18.4. The van der Waals surface area contributed by atoms with Crippen LogP contribution in [-0.2, 0) is 7.05 Å². The molecule has 1 N–H and O–H groups in total. The predicted octanol–water partition coefficient (Wildman–Crippen LogP) is 3.35. The van der Waals surface area contributed by atoms with Crippen LogP contribution in [0.25, 0.3) is 11.5 Å². The highest BCUT2D eigenvalue weighted by Gasteiger charge is 2.33. The number of benzene rings is 1. The molecule has 1 aliphatic rings. The third-order valence-electron chi connectivity index (χ3n) is 5.66. The second-order valence-electron chi connectivity index (χ2n) is 7.86. The second-order valence-corrected chi connectivity index (χ2v) is 8.27. The molecule has 0 bridgehead atoms. The largest absolute Gasteiger partial charge is 0.343 e. The summed E-state index contributed by atoms with van der Waals surface area (Å²) in [5.74, 6) is 0.305. The number of carbonyl (C=O) groups is 2. The van der Waals surface area contributed by atoms with E-state index in [1.54, 1.807) is 66.1 Å². The van der Waals surface area contributed by atoms with Crippen molar-refractivity contribution in [3.63, 3.8) is 0 Å². The first kappa shape index (κ1) is 21.8. The van der Waals surface area contributed by atoms with Crippen LogP contribution in [-0.4, -0.2) is 43.3 Å². The number of amides is 2. The molecule has 1 atom stereocenters. The number of hydrogen-bond acceptors (Lipinski definition) is 7. The highest BCUT2D eigenvalue weighted by molar-refractivity contribution is 6.33. The van der Waals surface area contributed by atoms with Crippen molar-refractivity contribution in [1.29, 1.82) is 0 Å². The summed E-state index contributed by atoms with van der Waals surface area (Å²) in [6.07, 6.45) is 3.64. The molecule has 4 aromatic rings. The molecule has 0 radical (unpaired) electrons. The number of fused-ring (bicyclic) bond motifs is 1. The van der Waals surface area contributed by atoms with Gasteiger partial charge < -0.3 is 14.7 Å². The number of pyridine rings is 1. The maximum Gasteiger partial charge on any atom is 0.259 e. The normalized spacial score (nSPS) is 15.1. The maximum atomic E-state index is 13.3. The summed E-state index contributed by atoms with van der Waals surface area (Å²) in [7, 11) is 1.78. The summed E-state index contributed by atoms with van der Waals surface area (Å²) in [5, 5.41) is 11.6. The molecule has 0 saturated carbocycles. The molecule has 172 valence electrons. The van der Waals surface area contributed by atoms with Gasteiger partial charge in [0.1, 0.15) is 5.69 Å². The Kier molecular flexibility index (Phi) is 5.58. The van der Waals surface area contributed by atoms with Crippen molar-refractivity contribution in [1.82, 2.24) is 30.2 Å². The fourth-order valence-electron chi connectivity index (χ4n) is 4.01. The summed E-state index contributed by atoms with van der Waals surface area (Å²) < 4.78 is 6.66. The first-order valence-electron chi connectivity index (χ1n) is 10.6. The van der Waals surface area contributed by atoms with Gasteiger partial charge in [0, 0.05) is 26.7 Å². The molecule has 0 aliphatic carbocycles. The fourth-order valence-corrected chi connectivity index (χ4v) is 4.23. The van der Waals surface area contributed by atoms with E-state index in [1.165, 1.54) is 6.20 Å². The van der Waals surface area contributed by atoms with Crippen molar-refractivity contribution in [2.24, 2.45) is 7.05 Å². The molecule has 10 nitrogen and oxygen atoms in total. The Balaban J connectivity index is 1.37. The zero-order valence-corrected chi connectivity index (χ0v) is 19.2. The highest BCUT2D eigenvalue weighted by atomic mass is 35.5. The summed E-state index contributed by atoms with van der Waals surface area (Å²) in [6.45, 7) is 2.09. The smallest absolute Gasteiger partial charge is 0.259 e. The number of nitrogens with zero attached hydrogens (tertiary/aromatic N) is 6. The first-order chi connectivity index (χ1) is 16.4. The van der Waals surface area contributed by atoms with E-state index < -0.39 is 0 Å². The molecule has 1 aromatic carbocycles. The lowest BCUT2D eigenvalue weighted by atomic mass is 10.0. The number of nitrogens with one attached hydrogen (secondary N) is 1. The fraction of sp³-hybridized carbons (Fsp3) is 0.217. The molecule has 34 heavy (non-hydrogen) atoms. The average Bonchev–Trinajstić information content (AvgIpc) is 3.45. The Morgan fingerprint density at radius 2 is 2.00 bits per heavy atom. The summed E-state index contributed by atoms with van der Waals surface area (Å²) >= 11 is 6.18. The van der Waals surface area contributed by atoms with Crippen LogP contribution in [0.15, 0.2) is 53.3 Å². The Labute approximate surface area is 199 Å². The van der Waals surface area contributed by atoms with Gasteiger partial charge in [-0.3, -0.25) is 19.3 Å². The molecular formula is C23H20ClN7O3. The number of aromatic nitrogens is 5. The van der Waals surface area contributed by atoms with E-state index >= 15 is 0 Å². The number of aryl methyl sites for hydroxylation is 2. The van der Waals surface area contributed by atoms with Crippen LogP contribution in [0.3, 0.4) is 0 Å². The van der Waals surface area contributed by atoms with Crippen molar-refractivity contribution < 1.29 is 14.1 Å². The van der Waals surface area contributed by atoms with Crippen molar-refractivity contribution in [2.45, 2.75) is 19.4 Å². The first-order valence-corrected chi connectivity index (χ1v) is 11.0. The van der Waals surface area contributed by atoms with Crippen LogP contribution in [0.4, 0.5) is 5.69 Å². The number of halogens is 1. The van der Waals surface area contributed by atoms with Gasteiger partial charge in [-0.05, 0) is 30.7 Å². The zero-order chi connectivity index (χ0) is 23.8. The van der Waals surface area contributed by atoms with E-state index in [9.17, 15) is 9.59 Å². The van der Waals surface area contributed by atoms with Gasteiger partial charge in [-0.1, -0.05) is 28.9 Å². The van der Waals surface area contributed by atoms with Gasteiger partial charge in [0.2, 0.25) is 11.7 Å². The standard InChI is InChI=1S/C23H20ClN7O3/c1-13-27-21(29-34-13)18-8-7-14(11-25-18)23(33)31-10-9-17(20-19(31)12-26-30(20)2)28-22(32)15-5-3-4-6-16(15)24/h3-8,11-12,17H,9-10H2,1-2H3,(H,28,32).